The van der Waals surface area contributed by atoms with Crippen molar-refractivity contribution in [2.24, 2.45) is 0 Å². The molecule has 0 atom stereocenters. The van der Waals surface area contributed by atoms with E-state index in [0.29, 0.717) is 10.8 Å². The monoisotopic (exact) mass is 246 g/mol. The van der Waals surface area contributed by atoms with Crippen LogP contribution in [-0.4, -0.2) is 11.0 Å². The Bertz CT molecular complexity index is 300. The SMILES string of the molecule is Oc1ccc(Cl)cc1CCCCCCCl. The lowest BCUT2D eigenvalue weighted by molar-refractivity contribution is 0.466. The van der Waals surface area contributed by atoms with Crippen molar-refractivity contribution in [3.05, 3.63) is 28.8 Å². The first-order chi connectivity index (χ1) is 7.24. The number of hydrogen-bond donors (Lipinski definition) is 1. The molecule has 0 unspecified atom stereocenters. The van der Waals surface area contributed by atoms with E-state index in [1.165, 1.54) is 0 Å². The fourth-order valence-corrected chi connectivity index (χ4v) is 1.90. The maximum atomic E-state index is 9.56. The minimum atomic E-state index is 0.344. The van der Waals surface area contributed by atoms with Gasteiger partial charge in [0.25, 0.3) is 0 Å². The summed E-state index contributed by atoms with van der Waals surface area (Å²) in [5, 5.41) is 10.2. The molecule has 0 aliphatic rings. The van der Waals surface area contributed by atoms with Crippen LogP contribution in [0.5, 0.6) is 5.75 Å². The summed E-state index contributed by atoms with van der Waals surface area (Å²) in [5.74, 6) is 1.08. The molecule has 0 aliphatic carbocycles. The summed E-state index contributed by atoms with van der Waals surface area (Å²) in [7, 11) is 0. The Labute approximate surface area is 101 Å². The Balaban J connectivity index is 2.33. The van der Waals surface area contributed by atoms with Crippen LogP contribution in [0.15, 0.2) is 18.2 Å². The van der Waals surface area contributed by atoms with E-state index in [2.05, 4.69) is 0 Å². The lowest BCUT2D eigenvalue weighted by Crippen LogP contribution is -1.87. The summed E-state index contributed by atoms with van der Waals surface area (Å²) in [6.07, 6.45) is 5.34. The molecule has 0 aliphatic heterocycles. The Kier molecular flexibility index (Phi) is 5.89. The number of unbranched alkanes of at least 4 members (excludes halogenated alkanes) is 3. The molecule has 0 aromatic heterocycles. The zero-order chi connectivity index (χ0) is 11.1. The maximum Gasteiger partial charge on any atom is 0.118 e. The number of rotatable bonds is 6. The van der Waals surface area contributed by atoms with E-state index in [4.69, 9.17) is 23.2 Å². The standard InChI is InChI=1S/C12H16Cl2O/c13-8-4-2-1-3-5-10-9-11(14)6-7-12(10)15/h6-7,9,15H,1-5,8H2. The minimum absolute atomic E-state index is 0.344. The van der Waals surface area contributed by atoms with Crippen LogP contribution in [0.25, 0.3) is 0 Å². The van der Waals surface area contributed by atoms with Gasteiger partial charge in [0, 0.05) is 10.9 Å². The molecule has 84 valence electrons. The molecule has 1 N–H and O–H groups in total. The van der Waals surface area contributed by atoms with Crippen molar-refractivity contribution in [1.29, 1.82) is 0 Å². The third-order valence-corrected chi connectivity index (χ3v) is 2.87. The third kappa shape index (κ3) is 4.76. The number of aryl methyl sites for hydroxylation is 1. The highest BCUT2D eigenvalue weighted by molar-refractivity contribution is 6.30. The van der Waals surface area contributed by atoms with Gasteiger partial charge < -0.3 is 5.11 Å². The lowest BCUT2D eigenvalue weighted by atomic mass is 10.1. The van der Waals surface area contributed by atoms with Crippen LogP contribution in [0.1, 0.15) is 31.2 Å². The summed E-state index contributed by atoms with van der Waals surface area (Å²) in [4.78, 5) is 0. The molecular formula is C12H16Cl2O. The minimum Gasteiger partial charge on any atom is -0.508 e. The lowest BCUT2D eigenvalue weighted by Gasteiger charge is -2.04. The summed E-state index contributed by atoms with van der Waals surface area (Å²) >= 11 is 11.4. The average molecular weight is 247 g/mol. The van der Waals surface area contributed by atoms with Crippen molar-refractivity contribution in [3.63, 3.8) is 0 Å². The van der Waals surface area contributed by atoms with E-state index < -0.39 is 0 Å². The molecule has 0 fully saturated rings. The second-order valence-electron chi connectivity index (χ2n) is 3.63. The summed E-state index contributed by atoms with van der Waals surface area (Å²) in [6.45, 7) is 0. The van der Waals surface area contributed by atoms with Crippen LogP contribution in [0.4, 0.5) is 0 Å². The number of phenols is 1. The van der Waals surface area contributed by atoms with Crippen molar-refractivity contribution in [3.8, 4) is 5.75 Å². The molecule has 15 heavy (non-hydrogen) atoms. The molecule has 1 aromatic carbocycles. The van der Waals surface area contributed by atoms with Crippen molar-refractivity contribution in [1.82, 2.24) is 0 Å². The smallest absolute Gasteiger partial charge is 0.118 e. The number of hydrogen-bond acceptors (Lipinski definition) is 1. The van der Waals surface area contributed by atoms with Crippen LogP contribution in [0.2, 0.25) is 5.02 Å². The number of aromatic hydroxyl groups is 1. The second-order valence-corrected chi connectivity index (χ2v) is 4.44. The fourth-order valence-electron chi connectivity index (χ4n) is 1.52. The highest BCUT2D eigenvalue weighted by atomic mass is 35.5. The van der Waals surface area contributed by atoms with Crippen LogP contribution in [0, 0.1) is 0 Å². The maximum absolute atomic E-state index is 9.56. The predicted molar refractivity (Wildman–Crippen MR) is 66.0 cm³/mol. The molecule has 0 saturated carbocycles. The van der Waals surface area contributed by atoms with E-state index in [0.717, 1.165) is 43.5 Å². The van der Waals surface area contributed by atoms with E-state index in [9.17, 15) is 5.11 Å². The van der Waals surface area contributed by atoms with Crippen LogP contribution >= 0.6 is 23.2 Å². The molecule has 0 bridgehead atoms. The molecule has 0 saturated heterocycles. The first-order valence-corrected chi connectivity index (χ1v) is 6.18. The van der Waals surface area contributed by atoms with Gasteiger partial charge in [-0.3, -0.25) is 0 Å². The Morgan fingerprint density at radius 1 is 1.07 bits per heavy atom. The van der Waals surface area contributed by atoms with Gasteiger partial charge in [-0.1, -0.05) is 24.4 Å². The van der Waals surface area contributed by atoms with E-state index in [1.54, 1.807) is 12.1 Å². The zero-order valence-corrected chi connectivity index (χ0v) is 10.2. The Morgan fingerprint density at radius 2 is 1.80 bits per heavy atom. The van der Waals surface area contributed by atoms with Gasteiger partial charge in [0.15, 0.2) is 0 Å². The number of halogens is 2. The Morgan fingerprint density at radius 3 is 2.53 bits per heavy atom. The summed E-state index contributed by atoms with van der Waals surface area (Å²) < 4.78 is 0. The van der Waals surface area contributed by atoms with Crippen LogP contribution < -0.4 is 0 Å². The quantitative estimate of drug-likeness (QED) is 0.584. The summed E-state index contributed by atoms with van der Waals surface area (Å²) in [5.41, 5.74) is 0.938. The van der Waals surface area contributed by atoms with E-state index in [1.807, 2.05) is 6.07 Å². The van der Waals surface area contributed by atoms with Gasteiger partial charge in [-0.25, -0.2) is 0 Å². The van der Waals surface area contributed by atoms with Crippen molar-refractivity contribution in [2.75, 3.05) is 5.88 Å². The topological polar surface area (TPSA) is 20.2 Å². The van der Waals surface area contributed by atoms with Crippen molar-refractivity contribution >= 4 is 23.2 Å². The molecule has 0 spiro atoms. The number of phenolic OH excluding ortho intramolecular Hbond substituents is 1. The number of benzene rings is 1. The molecule has 1 rings (SSSR count). The molecule has 0 amide bonds. The molecule has 0 heterocycles. The first-order valence-electron chi connectivity index (χ1n) is 5.27. The predicted octanol–water partition coefficient (Wildman–Crippen LogP) is 4.39. The molecular weight excluding hydrogens is 231 g/mol. The third-order valence-electron chi connectivity index (χ3n) is 2.37. The normalized spacial score (nSPS) is 10.5. The second kappa shape index (κ2) is 6.97. The van der Waals surface area contributed by atoms with Gasteiger partial charge in [0.1, 0.15) is 5.75 Å². The number of alkyl halides is 1. The van der Waals surface area contributed by atoms with Gasteiger partial charge in [0.2, 0.25) is 0 Å². The fraction of sp³-hybridized carbons (Fsp3) is 0.500. The van der Waals surface area contributed by atoms with Gasteiger partial charge in [-0.15, -0.1) is 11.6 Å². The largest absolute Gasteiger partial charge is 0.508 e. The van der Waals surface area contributed by atoms with E-state index in [-0.39, 0.29) is 0 Å². The summed E-state index contributed by atoms with van der Waals surface area (Å²) in [6, 6.07) is 5.18. The van der Waals surface area contributed by atoms with Crippen LogP contribution in [-0.2, 0) is 6.42 Å². The van der Waals surface area contributed by atoms with Crippen LogP contribution in [0.3, 0.4) is 0 Å². The highest BCUT2D eigenvalue weighted by Gasteiger charge is 2.01. The zero-order valence-electron chi connectivity index (χ0n) is 8.68. The first kappa shape index (κ1) is 12.7. The van der Waals surface area contributed by atoms with Gasteiger partial charge in [-0.05, 0) is 43.0 Å². The van der Waals surface area contributed by atoms with Crippen molar-refractivity contribution in [2.45, 2.75) is 32.1 Å². The molecule has 3 heteroatoms. The highest BCUT2D eigenvalue weighted by Crippen LogP contribution is 2.23. The van der Waals surface area contributed by atoms with Gasteiger partial charge in [0.05, 0.1) is 0 Å². The van der Waals surface area contributed by atoms with Crippen molar-refractivity contribution < 1.29 is 5.11 Å². The molecule has 0 radical (unpaired) electrons. The van der Waals surface area contributed by atoms with Gasteiger partial charge in [-0.2, -0.15) is 0 Å². The molecule has 1 nitrogen and oxygen atoms in total. The van der Waals surface area contributed by atoms with E-state index >= 15 is 0 Å². The Hall–Kier alpha value is -0.400. The average Bonchev–Trinajstić information content (AvgIpc) is 2.23. The molecule has 1 aromatic rings. The van der Waals surface area contributed by atoms with Gasteiger partial charge >= 0.3 is 0 Å².